The van der Waals surface area contributed by atoms with E-state index in [1.54, 1.807) is 19.2 Å². The number of piperidine rings is 1. The van der Waals surface area contributed by atoms with E-state index in [2.05, 4.69) is 15.0 Å². The molecule has 1 aromatic heterocycles. The summed E-state index contributed by atoms with van der Waals surface area (Å²) in [7, 11) is 1.59. The fraction of sp³-hybridized carbons (Fsp3) is 0.529. The van der Waals surface area contributed by atoms with Gasteiger partial charge in [-0.25, -0.2) is 4.39 Å². The van der Waals surface area contributed by atoms with Crippen LogP contribution in [0.15, 0.2) is 28.8 Å². The second-order valence-electron chi connectivity index (χ2n) is 6.15. The van der Waals surface area contributed by atoms with Gasteiger partial charge < -0.3 is 14.4 Å². The molecule has 1 saturated heterocycles. The Bertz CT molecular complexity index is 639. The molecule has 0 saturated carbocycles. The number of hydrogen-bond acceptors (Lipinski definition) is 6. The largest absolute Gasteiger partial charge is 0.388 e. The fourth-order valence-electron chi connectivity index (χ4n) is 3.09. The molecule has 24 heavy (non-hydrogen) atoms. The van der Waals surface area contributed by atoms with E-state index in [4.69, 9.17) is 9.26 Å². The average molecular weight is 335 g/mol. The van der Waals surface area contributed by atoms with Gasteiger partial charge in [-0.3, -0.25) is 4.90 Å². The van der Waals surface area contributed by atoms with Crippen LogP contribution in [-0.4, -0.2) is 40.3 Å². The molecule has 2 heterocycles. The van der Waals surface area contributed by atoms with Crippen LogP contribution < -0.4 is 0 Å². The third-order valence-electron chi connectivity index (χ3n) is 4.43. The number of nitrogens with zero attached hydrogens (tertiary/aromatic N) is 3. The highest BCUT2D eigenvalue weighted by molar-refractivity contribution is 5.19. The Morgan fingerprint density at radius 2 is 2.04 bits per heavy atom. The first-order valence-corrected chi connectivity index (χ1v) is 8.12. The van der Waals surface area contributed by atoms with Crippen molar-refractivity contribution in [3.05, 3.63) is 47.4 Å². The van der Waals surface area contributed by atoms with Gasteiger partial charge in [0.25, 0.3) is 0 Å². The van der Waals surface area contributed by atoms with Gasteiger partial charge in [-0.1, -0.05) is 17.3 Å². The standard InChI is InChI=1S/C17H22FN3O3/c1-23-11-15-19-16(24-20-15)10-21-8-6-13(7-9-21)17(22)12-2-4-14(18)5-3-12/h2-5,13,17,22H,6-11H2,1H3. The summed E-state index contributed by atoms with van der Waals surface area (Å²) >= 11 is 0. The molecule has 1 aromatic carbocycles. The predicted molar refractivity (Wildman–Crippen MR) is 84.4 cm³/mol. The molecule has 1 unspecified atom stereocenters. The Balaban J connectivity index is 1.50. The summed E-state index contributed by atoms with van der Waals surface area (Å²) < 4.78 is 23.2. The van der Waals surface area contributed by atoms with E-state index < -0.39 is 6.10 Å². The van der Waals surface area contributed by atoms with Crippen LogP contribution >= 0.6 is 0 Å². The molecule has 0 spiro atoms. The number of rotatable bonds is 6. The maximum Gasteiger partial charge on any atom is 0.240 e. The summed E-state index contributed by atoms with van der Waals surface area (Å²) in [4.78, 5) is 6.51. The highest BCUT2D eigenvalue weighted by atomic mass is 19.1. The average Bonchev–Trinajstić information content (AvgIpc) is 3.03. The van der Waals surface area contributed by atoms with E-state index in [9.17, 15) is 9.50 Å². The van der Waals surface area contributed by atoms with Crippen molar-refractivity contribution in [2.24, 2.45) is 5.92 Å². The number of hydrogen-bond donors (Lipinski definition) is 1. The van der Waals surface area contributed by atoms with Gasteiger partial charge in [0.05, 0.1) is 12.6 Å². The second kappa shape index (κ2) is 7.83. The first-order valence-electron chi connectivity index (χ1n) is 8.12. The van der Waals surface area contributed by atoms with Gasteiger partial charge in [0, 0.05) is 7.11 Å². The quantitative estimate of drug-likeness (QED) is 0.873. The van der Waals surface area contributed by atoms with Crippen molar-refractivity contribution < 1.29 is 18.8 Å². The Kier molecular flexibility index (Phi) is 5.55. The van der Waals surface area contributed by atoms with Gasteiger partial charge in [0.2, 0.25) is 5.89 Å². The van der Waals surface area contributed by atoms with Crippen molar-refractivity contribution >= 4 is 0 Å². The zero-order chi connectivity index (χ0) is 16.9. The summed E-state index contributed by atoms with van der Waals surface area (Å²) in [6.07, 6.45) is 1.19. The highest BCUT2D eigenvalue weighted by Crippen LogP contribution is 2.31. The maximum absolute atomic E-state index is 13.0. The van der Waals surface area contributed by atoms with Crippen LogP contribution in [0.1, 0.15) is 36.2 Å². The summed E-state index contributed by atoms with van der Waals surface area (Å²) in [6, 6.07) is 6.09. The molecule has 1 aliphatic heterocycles. The normalized spacial score (nSPS) is 18.0. The monoisotopic (exact) mass is 335 g/mol. The van der Waals surface area contributed by atoms with Crippen LogP contribution in [0, 0.1) is 11.7 Å². The van der Waals surface area contributed by atoms with Crippen LogP contribution in [0.3, 0.4) is 0 Å². The minimum atomic E-state index is -0.551. The SMILES string of the molecule is COCc1noc(CN2CCC(C(O)c3ccc(F)cc3)CC2)n1. The minimum absolute atomic E-state index is 0.179. The van der Waals surface area contributed by atoms with E-state index in [1.165, 1.54) is 12.1 Å². The van der Waals surface area contributed by atoms with Gasteiger partial charge in [-0.2, -0.15) is 4.98 Å². The zero-order valence-corrected chi connectivity index (χ0v) is 13.7. The number of ether oxygens (including phenoxy) is 1. The van der Waals surface area contributed by atoms with Crippen LogP contribution in [0.5, 0.6) is 0 Å². The molecule has 3 rings (SSSR count). The third-order valence-corrected chi connectivity index (χ3v) is 4.43. The lowest BCUT2D eigenvalue weighted by Crippen LogP contribution is -2.35. The van der Waals surface area contributed by atoms with E-state index in [1.807, 2.05) is 0 Å². The number of halogens is 1. The number of aliphatic hydroxyl groups is 1. The predicted octanol–water partition coefficient (Wildman–Crippen LogP) is 2.30. The van der Waals surface area contributed by atoms with Crippen molar-refractivity contribution in [2.75, 3.05) is 20.2 Å². The molecule has 7 heteroatoms. The minimum Gasteiger partial charge on any atom is -0.388 e. The molecule has 1 atom stereocenters. The summed E-state index contributed by atoms with van der Waals surface area (Å²) in [5, 5.41) is 14.3. The smallest absolute Gasteiger partial charge is 0.240 e. The lowest BCUT2D eigenvalue weighted by atomic mass is 9.87. The van der Waals surface area contributed by atoms with Crippen molar-refractivity contribution in [2.45, 2.75) is 32.1 Å². The van der Waals surface area contributed by atoms with E-state index >= 15 is 0 Å². The van der Waals surface area contributed by atoms with Crippen molar-refractivity contribution in [3.63, 3.8) is 0 Å². The highest BCUT2D eigenvalue weighted by Gasteiger charge is 2.27. The molecule has 130 valence electrons. The summed E-state index contributed by atoms with van der Waals surface area (Å²) in [5.41, 5.74) is 0.774. The summed E-state index contributed by atoms with van der Waals surface area (Å²) in [6.45, 7) is 2.65. The first-order chi connectivity index (χ1) is 11.7. The number of aliphatic hydroxyl groups excluding tert-OH is 1. The molecule has 1 N–H and O–H groups in total. The van der Waals surface area contributed by atoms with Gasteiger partial charge in [0.15, 0.2) is 5.82 Å². The van der Waals surface area contributed by atoms with Crippen LogP contribution in [0.4, 0.5) is 4.39 Å². The second-order valence-corrected chi connectivity index (χ2v) is 6.15. The number of likely N-dealkylation sites (tertiary alicyclic amines) is 1. The van der Waals surface area contributed by atoms with Crippen molar-refractivity contribution in [1.82, 2.24) is 15.0 Å². The van der Waals surface area contributed by atoms with Crippen LogP contribution in [-0.2, 0) is 17.9 Å². The molecule has 0 amide bonds. The number of aromatic nitrogens is 2. The molecule has 1 fully saturated rings. The molecule has 0 radical (unpaired) electrons. The Hall–Kier alpha value is -1.83. The number of methoxy groups -OCH3 is 1. The Morgan fingerprint density at radius 3 is 2.71 bits per heavy atom. The molecular weight excluding hydrogens is 313 g/mol. The Labute approximate surface area is 140 Å². The van der Waals surface area contributed by atoms with Gasteiger partial charge in [-0.05, 0) is 49.5 Å². The molecule has 1 aliphatic rings. The maximum atomic E-state index is 13.0. The van der Waals surface area contributed by atoms with Gasteiger partial charge in [-0.15, -0.1) is 0 Å². The third kappa shape index (κ3) is 4.17. The van der Waals surface area contributed by atoms with Crippen molar-refractivity contribution in [3.8, 4) is 0 Å². The summed E-state index contributed by atoms with van der Waals surface area (Å²) in [5.74, 6) is 1.03. The van der Waals surface area contributed by atoms with E-state index in [-0.39, 0.29) is 11.7 Å². The topological polar surface area (TPSA) is 71.6 Å². The van der Waals surface area contributed by atoms with E-state index in [0.717, 1.165) is 31.5 Å². The fourth-order valence-corrected chi connectivity index (χ4v) is 3.09. The zero-order valence-electron chi connectivity index (χ0n) is 13.7. The van der Waals surface area contributed by atoms with Crippen LogP contribution in [0.2, 0.25) is 0 Å². The number of benzene rings is 1. The van der Waals surface area contributed by atoms with Crippen molar-refractivity contribution in [1.29, 1.82) is 0 Å². The molecular formula is C17H22FN3O3. The Morgan fingerprint density at radius 1 is 1.33 bits per heavy atom. The lowest BCUT2D eigenvalue weighted by Gasteiger charge is -2.33. The molecule has 6 nitrogen and oxygen atoms in total. The van der Waals surface area contributed by atoms with Gasteiger partial charge >= 0.3 is 0 Å². The van der Waals surface area contributed by atoms with Gasteiger partial charge in [0.1, 0.15) is 12.4 Å². The van der Waals surface area contributed by atoms with Crippen LogP contribution in [0.25, 0.3) is 0 Å². The molecule has 2 aromatic rings. The van der Waals surface area contributed by atoms with E-state index in [0.29, 0.717) is 24.9 Å². The first kappa shape index (κ1) is 17.0. The molecule has 0 aliphatic carbocycles. The molecule has 0 bridgehead atoms. The lowest BCUT2D eigenvalue weighted by molar-refractivity contribution is 0.0537.